The van der Waals surface area contributed by atoms with E-state index in [4.69, 9.17) is 0 Å². The number of fused-ring (bicyclic) bond motifs is 6. The van der Waals surface area contributed by atoms with Gasteiger partial charge in [-0.1, -0.05) is 56.3 Å². The van der Waals surface area contributed by atoms with Crippen LogP contribution in [0, 0.1) is 11.7 Å². The van der Waals surface area contributed by atoms with Crippen LogP contribution in [-0.2, 0) is 24.5 Å². The molecule has 0 aromatic heterocycles. The zero-order valence-corrected chi connectivity index (χ0v) is 24.3. The van der Waals surface area contributed by atoms with Gasteiger partial charge in [-0.05, 0) is 65.3 Å². The third-order valence-corrected chi connectivity index (χ3v) is 8.32. The number of aliphatic hydroxyl groups excluding tert-OH is 2. The molecule has 0 aliphatic carbocycles. The second-order valence-electron chi connectivity index (χ2n) is 11.3. The van der Waals surface area contributed by atoms with Crippen LogP contribution in [-0.4, -0.2) is 53.9 Å². The standard InChI is InChI=1S/C34H35FN2O6/c1-20(2)34(32(41)36-22-9-5-4-6-10-22)30-26-12-8-7-11-25(26)28-17-21(35)13-14-27(28)31(30)37(33(34)42)16-15-23(38)18-24(39)19-29(40)43-3/h4-14,17,20,23-24,38-39H,15-16,18-19H2,1-3H3,(H,36,41)/t23-,24-,34?/m1/s1. The summed E-state index contributed by atoms with van der Waals surface area (Å²) in [5, 5.41) is 26.6. The van der Waals surface area contributed by atoms with E-state index >= 15 is 0 Å². The fourth-order valence-corrected chi connectivity index (χ4v) is 6.29. The predicted molar refractivity (Wildman–Crippen MR) is 163 cm³/mol. The maximum absolute atomic E-state index is 14.7. The van der Waals surface area contributed by atoms with E-state index in [0.29, 0.717) is 38.5 Å². The number of nitrogens with zero attached hydrogens (tertiary/aromatic N) is 1. The van der Waals surface area contributed by atoms with Crippen LogP contribution < -0.4 is 10.2 Å². The molecular weight excluding hydrogens is 551 g/mol. The number of hydrogen-bond donors (Lipinski definition) is 3. The van der Waals surface area contributed by atoms with Crippen molar-refractivity contribution in [1.29, 1.82) is 0 Å². The highest BCUT2D eigenvalue weighted by molar-refractivity contribution is 6.32. The number of halogens is 1. The van der Waals surface area contributed by atoms with Gasteiger partial charge in [-0.25, -0.2) is 4.39 Å². The van der Waals surface area contributed by atoms with Crippen molar-refractivity contribution >= 4 is 50.7 Å². The van der Waals surface area contributed by atoms with Gasteiger partial charge in [0.1, 0.15) is 5.82 Å². The quantitative estimate of drug-likeness (QED) is 0.136. The molecular formula is C34H35FN2O6. The third kappa shape index (κ3) is 5.34. The van der Waals surface area contributed by atoms with Gasteiger partial charge >= 0.3 is 5.97 Å². The minimum Gasteiger partial charge on any atom is -0.469 e. The second-order valence-corrected chi connectivity index (χ2v) is 11.3. The van der Waals surface area contributed by atoms with Crippen molar-refractivity contribution in [2.24, 2.45) is 5.92 Å². The van der Waals surface area contributed by atoms with E-state index in [0.717, 1.165) is 0 Å². The Morgan fingerprint density at radius 2 is 1.60 bits per heavy atom. The van der Waals surface area contributed by atoms with Crippen molar-refractivity contribution in [1.82, 2.24) is 0 Å². The molecule has 1 heterocycles. The van der Waals surface area contributed by atoms with Crippen molar-refractivity contribution in [2.75, 3.05) is 23.9 Å². The Balaban J connectivity index is 1.66. The minimum atomic E-state index is -1.64. The zero-order chi connectivity index (χ0) is 30.9. The number of anilines is 2. The molecule has 8 nitrogen and oxygen atoms in total. The summed E-state index contributed by atoms with van der Waals surface area (Å²) in [7, 11) is 1.22. The Morgan fingerprint density at radius 1 is 0.930 bits per heavy atom. The largest absolute Gasteiger partial charge is 0.469 e. The fourth-order valence-electron chi connectivity index (χ4n) is 6.29. The Hall–Kier alpha value is -4.34. The second kappa shape index (κ2) is 12.1. The van der Waals surface area contributed by atoms with Crippen LogP contribution in [0.2, 0.25) is 0 Å². The van der Waals surface area contributed by atoms with Gasteiger partial charge in [0.25, 0.3) is 0 Å². The van der Waals surface area contributed by atoms with E-state index < -0.39 is 47.1 Å². The Bertz CT molecular complexity index is 1690. The average molecular weight is 587 g/mol. The van der Waals surface area contributed by atoms with E-state index in [2.05, 4.69) is 10.1 Å². The molecule has 1 aliphatic rings. The summed E-state index contributed by atoms with van der Waals surface area (Å²) in [4.78, 5) is 42.2. The first kappa shape index (κ1) is 30.1. The summed E-state index contributed by atoms with van der Waals surface area (Å²) in [5.41, 5.74) is -0.0563. The minimum absolute atomic E-state index is 0.0237. The summed E-state index contributed by atoms with van der Waals surface area (Å²) in [6.45, 7) is 3.69. The summed E-state index contributed by atoms with van der Waals surface area (Å²) < 4.78 is 19.2. The summed E-state index contributed by atoms with van der Waals surface area (Å²) in [6, 6.07) is 20.7. The van der Waals surface area contributed by atoms with Crippen LogP contribution in [0.5, 0.6) is 0 Å². The van der Waals surface area contributed by atoms with Crippen LogP contribution in [0.3, 0.4) is 0 Å². The van der Waals surface area contributed by atoms with E-state index in [1.54, 1.807) is 30.3 Å². The van der Waals surface area contributed by atoms with Gasteiger partial charge in [0, 0.05) is 23.2 Å². The number of hydrogen-bond acceptors (Lipinski definition) is 6. The van der Waals surface area contributed by atoms with Gasteiger partial charge in [-0.3, -0.25) is 14.4 Å². The number of ether oxygens (including phenoxy) is 1. The van der Waals surface area contributed by atoms with Crippen LogP contribution in [0.25, 0.3) is 21.5 Å². The molecule has 2 amide bonds. The lowest BCUT2D eigenvalue weighted by atomic mass is 9.69. The smallest absolute Gasteiger partial charge is 0.308 e. The van der Waals surface area contributed by atoms with Crippen molar-refractivity contribution in [3.8, 4) is 0 Å². The van der Waals surface area contributed by atoms with Crippen molar-refractivity contribution in [2.45, 2.75) is 50.7 Å². The summed E-state index contributed by atoms with van der Waals surface area (Å²) >= 11 is 0. The molecule has 9 heteroatoms. The summed E-state index contributed by atoms with van der Waals surface area (Å²) in [6.07, 6.45) is -2.47. The van der Waals surface area contributed by atoms with E-state index in [1.807, 2.05) is 44.2 Å². The Kier molecular flexibility index (Phi) is 8.48. The lowest BCUT2D eigenvalue weighted by Gasteiger charge is -2.32. The van der Waals surface area contributed by atoms with Gasteiger partial charge in [0.2, 0.25) is 11.8 Å². The molecule has 0 radical (unpaired) electrons. The highest BCUT2D eigenvalue weighted by Gasteiger charge is 2.59. The van der Waals surface area contributed by atoms with Crippen LogP contribution in [0.15, 0.2) is 72.8 Å². The molecule has 0 spiro atoms. The number of nitrogens with one attached hydrogen (secondary N) is 1. The van der Waals surface area contributed by atoms with Gasteiger partial charge < -0.3 is 25.2 Å². The molecule has 3 N–H and O–H groups in total. The molecule has 5 rings (SSSR count). The molecule has 4 aromatic rings. The lowest BCUT2D eigenvalue weighted by Crippen LogP contribution is -2.52. The number of carbonyl (C=O) groups is 3. The van der Waals surface area contributed by atoms with Gasteiger partial charge in [0.05, 0.1) is 31.4 Å². The van der Waals surface area contributed by atoms with Gasteiger partial charge in [-0.2, -0.15) is 0 Å². The van der Waals surface area contributed by atoms with E-state index in [1.165, 1.54) is 24.1 Å². The molecule has 0 fully saturated rings. The zero-order valence-electron chi connectivity index (χ0n) is 24.3. The topological polar surface area (TPSA) is 116 Å². The van der Waals surface area contributed by atoms with Crippen LogP contribution in [0.1, 0.15) is 38.7 Å². The monoisotopic (exact) mass is 586 g/mol. The number of rotatable bonds is 10. The Morgan fingerprint density at radius 3 is 2.28 bits per heavy atom. The SMILES string of the molecule is COC(=O)C[C@H](O)C[C@H](O)CCN1C(=O)C(C(=O)Nc2ccccc2)(C(C)C)c2c1c1ccc(F)cc1c1ccccc21. The normalized spacial score (nSPS) is 17.7. The maximum Gasteiger partial charge on any atom is 0.308 e. The Labute approximate surface area is 249 Å². The number of aliphatic hydroxyl groups is 2. The van der Waals surface area contributed by atoms with Crippen molar-refractivity contribution in [3.63, 3.8) is 0 Å². The van der Waals surface area contributed by atoms with E-state index in [9.17, 15) is 29.0 Å². The molecule has 0 bridgehead atoms. The van der Waals surface area contributed by atoms with E-state index in [-0.39, 0.29) is 25.8 Å². The first-order valence-corrected chi connectivity index (χ1v) is 14.3. The summed E-state index contributed by atoms with van der Waals surface area (Å²) in [5.74, 6) is -2.44. The number of esters is 1. The van der Waals surface area contributed by atoms with Crippen molar-refractivity contribution in [3.05, 3.63) is 84.2 Å². The number of carbonyl (C=O) groups excluding carboxylic acids is 3. The number of para-hydroxylation sites is 1. The fraction of sp³-hybridized carbons (Fsp3) is 0.324. The highest BCUT2D eigenvalue weighted by atomic mass is 19.1. The van der Waals surface area contributed by atoms with Gasteiger partial charge in [-0.15, -0.1) is 0 Å². The van der Waals surface area contributed by atoms with Gasteiger partial charge in [0.15, 0.2) is 5.41 Å². The number of methoxy groups -OCH3 is 1. The lowest BCUT2D eigenvalue weighted by molar-refractivity contribution is -0.143. The van der Waals surface area contributed by atoms with Crippen LogP contribution >= 0.6 is 0 Å². The highest BCUT2D eigenvalue weighted by Crippen LogP contribution is 2.54. The average Bonchev–Trinajstić information content (AvgIpc) is 3.25. The molecule has 0 saturated carbocycles. The maximum atomic E-state index is 14.7. The third-order valence-electron chi connectivity index (χ3n) is 8.32. The van der Waals surface area contributed by atoms with Crippen LogP contribution in [0.4, 0.5) is 15.8 Å². The van der Waals surface area contributed by atoms with Crippen molar-refractivity contribution < 1.29 is 33.7 Å². The molecule has 1 aliphatic heterocycles. The predicted octanol–water partition coefficient (Wildman–Crippen LogP) is 5.08. The molecule has 1 unspecified atom stereocenters. The first-order chi connectivity index (χ1) is 20.6. The molecule has 3 atom stereocenters. The molecule has 43 heavy (non-hydrogen) atoms. The number of benzene rings is 4. The number of amides is 2. The molecule has 0 saturated heterocycles. The molecule has 4 aromatic carbocycles. The molecule has 224 valence electrons. The first-order valence-electron chi connectivity index (χ1n) is 14.3.